The molecule has 0 radical (unpaired) electrons. The Hall–Kier alpha value is -3.64. The normalized spacial score (nSPS) is 12.1. The van der Waals surface area contributed by atoms with Crippen LogP contribution in [0.2, 0.25) is 5.02 Å². The van der Waals surface area contributed by atoms with Gasteiger partial charge in [-0.25, -0.2) is 4.98 Å². The lowest BCUT2D eigenvalue weighted by Crippen LogP contribution is -2.11. The molecule has 0 unspecified atom stereocenters. The highest BCUT2D eigenvalue weighted by molar-refractivity contribution is 6.32. The number of fused-ring (bicyclic) bond motifs is 1. The number of benzene rings is 3. The number of aromatic nitrogens is 2. The molecule has 1 aromatic heterocycles. The van der Waals surface area contributed by atoms with Crippen LogP contribution in [0.3, 0.4) is 0 Å². The van der Waals surface area contributed by atoms with Crippen molar-refractivity contribution in [2.75, 3.05) is 7.11 Å². The second-order valence-corrected chi connectivity index (χ2v) is 7.64. The van der Waals surface area contributed by atoms with Gasteiger partial charge in [-0.05, 0) is 65.6 Å². The van der Waals surface area contributed by atoms with E-state index in [4.69, 9.17) is 22.8 Å². The van der Waals surface area contributed by atoms with Gasteiger partial charge in [-0.2, -0.15) is 26.3 Å². The standard InChI is InChI=1S/C24H13ClF6N2O/c1-3-22-32-19-10-13(14-8-15(23(26,27)28)11-16(9-14)24(29,30)31)4-6-20(19)33(22)17-5-7-21(34-2)18(25)12-17/h1,4-12H,2H3. The Kier molecular flexibility index (Phi) is 5.74. The smallest absolute Gasteiger partial charge is 0.416 e. The molecule has 4 aromatic rings. The van der Waals surface area contributed by atoms with Gasteiger partial charge in [-0.15, -0.1) is 6.42 Å². The summed E-state index contributed by atoms with van der Waals surface area (Å²) in [5.41, 5.74) is -1.63. The third-order valence-electron chi connectivity index (χ3n) is 5.10. The maximum Gasteiger partial charge on any atom is 0.416 e. The number of hydrogen-bond donors (Lipinski definition) is 0. The number of imidazole rings is 1. The zero-order chi connectivity index (χ0) is 24.8. The molecular weight excluding hydrogens is 482 g/mol. The minimum absolute atomic E-state index is 0.0839. The van der Waals surface area contributed by atoms with Crippen LogP contribution in [0, 0.1) is 12.3 Å². The van der Waals surface area contributed by atoms with Gasteiger partial charge in [-0.3, -0.25) is 4.57 Å². The lowest BCUT2D eigenvalue weighted by atomic mass is 9.98. The molecule has 34 heavy (non-hydrogen) atoms. The zero-order valence-electron chi connectivity index (χ0n) is 17.2. The second kappa shape index (κ2) is 8.29. The summed E-state index contributed by atoms with van der Waals surface area (Å²) in [6.45, 7) is 0. The number of methoxy groups -OCH3 is 1. The average molecular weight is 495 g/mol. The lowest BCUT2D eigenvalue weighted by Gasteiger charge is -2.14. The van der Waals surface area contributed by atoms with Crippen LogP contribution in [0.1, 0.15) is 17.0 Å². The molecule has 0 bridgehead atoms. The van der Waals surface area contributed by atoms with E-state index in [1.165, 1.54) is 25.3 Å². The quantitative estimate of drug-likeness (QED) is 0.219. The van der Waals surface area contributed by atoms with Crippen molar-refractivity contribution in [1.82, 2.24) is 9.55 Å². The van der Waals surface area contributed by atoms with Gasteiger partial charge in [-0.1, -0.05) is 17.7 Å². The van der Waals surface area contributed by atoms with E-state index in [2.05, 4.69) is 10.9 Å². The van der Waals surface area contributed by atoms with Gasteiger partial charge in [0.15, 0.2) is 5.82 Å². The Morgan fingerprint density at radius 2 is 1.53 bits per heavy atom. The number of rotatable bonds is 3. The van der Waals surface area contributed by atoms with E-state index in [1.807, 2.05) is 0 Å². The number of hydrogen-bond acceptors (Lipinski definition) is 2. The molecule has 0 fully saturated rings. The summed E-state index contributed by atoms with van der Waals surface area (Å²) < 4.78 is 86.3. The van der Waals surface area contributed by atoms with E-state index in [9.17, 15) is 26.3 Å². The van der Waals surface area contributed by atoms with E-state index >= 15 is 0 Å². The fourth-order valence-electron chi connectivity index (χ4n) is 3.53. The molecule has 0 N–H and O–H groups in total. The largest absolute Gasteiger partial charge is 0.495 e. The van der Waals surface area contributed by atoms with Crippen LogP contribution in [-0.4, -0.2) is 16.7 Å². The maximum absolute atomic E-state index is 13.3. The van der Waals surface area contributed by atoms with Crippen LogP contribution in [0.25, 0.3) is 27.8 Å². The van der Waals surface area contributed by atoms with Crippen LogP contribution in [0.5, 0.6) is 5.75 Å². The fraction of sp³-hybridized carbons (Fsp3) is 0.125. The van der Waals surface area contributed by atoms with Crippen LogP contribution < -0.4 is 4.74 Å². The summed E-state index contributed by atoms with van der Waals surface area (Å²) in [7, 11) is 1.46. The van der Waals surface area contributed by atoms with Gasteiger partial charge < -0.3 is 4.74 Å². The Balaban J connectivity index is 1.90. The summed E-state index contributed by atoms with van der Waals surface area (Å²) in [6.07, 6.45) is -4.32. The van der Waals surface area contributed by atoms with Crippen molar-refractivity contribution >= 4 is 22.6 Å². The van der Waals surface area contributed by atoms with Crippen molar-refractivity contribution in [2.24, 2.45) is 0 Å². The molecule has 0 atom stereocenters. The van der Waals surface area contributed by atoms with Crippen molar-refractivity contribution in [3.63, 3.8) is 0 Å². The summed E-state index contributed by atoms with van der Waals surface area (Å²) in [4.78, 5) is 4.32. The van der Waals surface area contributed by atoms with Gasteiger partial charge >= 0.3 is 12.4 Å². The monoisotopic (exact) mass is 494 g/mol. The first-order chi connectivity index (χ1) is 15.9. The van der Waals surface area contributed by atoms with E-state index in [-0.39, 0.29) is 28.5 Å². The predicted octanol–water partition coefficient (Wildman–Crippen LogP) is 7.37. The Morgan fingerprint density at radius 3 is 2.06 bits per heavy atom. The summed E-state index contributed by atoms with van der Waals surface area (Å²) in [5.74, 6) is 3.04. The molecule has 0 spiro atoms. The molecule has 0 saturated heterocycles. The van der Waals surface area contributed by atoms with Gasteiger partial charge in [0.2, 0.25) is 0 Å². The van der Waals surface area contributed by atoms with E-state index < -0.39 is 23.5 Å². The highest BCUT2D eigenvalue weighted by atomic mass is 35.5. The fourth-order valence-corrected chi connectivity index (χ4v) is 3.79. The van der Waals surface area contributed by atoms with Crippen molar-refractivity contribution in [1.29, 1.82) is 0 Å². The average Bonchev–Trinajstić information content (AvgIpc) is 3.15. The maximum atomic E-state index is 13.3. The Morgan fingerprint density at radius 1 is 0.882 bits per heavy atom. The highest BCUT2D eigenvalue weighted by Gasteiger charge is 2.37. The van der Waals surface area contributed by atoms with Crippen LogP contribution in [0.15, 0.2) is 54.6 Å². The third kappa shape index (κ3) is 4.29. The molecule has 10 heteroatoms. The zero-order valence-corrected chi connectivity index (χ0v) is 18.0. The topological polar surface area (TPSA) is 27.1 Å². The molecule has 1 heterocycles. The second-order valence-electron chi connectivity index (χ2n) is 7.23. The van der Waals surface area contributed by atoms with Gasteiger partial charge in [0.1, 0.15) is 5.75 Å². The van der Waals surface area contributed by atoms with Gasteiger partial charge in [0.05, 0.1) is 40.0 Å². The molecule has 174 valence electrons. The minimum Gasteiger partial charge on any atom is -0.495 e. The van der Waals surface area contributed by atoms with Crippen LogP contribution in [-0.2, 0) is 12.4 Å². The molecule has 0 aliphatic carbocycles. The first-order valence-corrected chi connectivity index (χ1v) is 9.93. The Bertz CT molecular complexity index is 1410. The first kappa shape index (κ1) is 23.5. The number of alkyl halides is 6. The Labute approximate surface area is 194 Å². The molecule has 0 aliphatic rings. The number of ether oxygens (including phenoxy) is 1. The minimum atomic E-state index is -4.95. The predicted molar refractivity (Wildman–Crippen MR) is 116 cm³/mol. The SMILES string of the molecule is C#Cc1nc2cc(-c3cc(C(F)(F)F)cc(C(F)(F)F)c3)ccc2n1-c1ccc(OC)c(Cl)c1. The number of nitrogens with zero attached hydrogens (tertiary/aromatic N) is 2. The summed E-state index contributed by atoms with van der Waals surface area (Å²) in [5, 5.41) is 0.310. The third-order valence-corrected chi connectivity index (χ3v) is 5.39. The molecule has 3 aromatic carbocycles. The van der Waals surface area contributed by atoms with E-state index in [0.717, 1.165) is 0 Å². The molecular formula is C24H13ClF6N2O. The molecule has 0 amide bonds. The van der Waals surface area contributed by atoms with Crippen molar-refractivity contribution in [3.8, 4) is 34.9 Å². The van der Waals surface area contributed by atoms with Gasteiger partial charge in [0, 0.05) is 0 Å². The summed E-state index contributed by atoms with van der Waals surface area (Å²) in [6, 6.07) is 10.6. The number of terminal acetylenes is 1. The molecule has 0 aliphatic heterocycles. The van der Waals surface area contributed by atoms with E-state index in [1.54, 1.807) is 22.8 Å². The number of halogens is 7. The molecule has 3 nitrogen and oxygen atoms in total. The van der Waals surface area contributed by atoms with Gasteiger partial charge in [0.25, 0.3) is 0 Å². The van der Waals surface area contributed by atoms with Crippen LogP contribution in [0.4, 0.5) is 26.3 Å². The first-order valence-electron chi connectivity index (χ1n) is 9.55. The lowest BCUT2D eigenvalue weighted by molar-refractivity contribution is -0.143. The van der Waals surface area contributed by atoms with Crippen LogP contribution >= 0.6 is 11.6 Å². The molecule has 0 saturated carbocycles. The van der Waals surface area contributed by atoms with Crippen molar-refractivity contribution in [3.05, 3.63) is 76.6 Å². The van der Waals surface area contributed by atoms with Crippen molar-refractivity contribution < 1.29 is 31.1 Å². The molecule has 4 rings (SSSR count). The summed E-state index contributed by atoms with van der Waals surface area (Å²) >= 11 is 6.21. The van der Waals surface area contributed by atoms with E-state index in [0.29, 0.717) is 34.1 Å². The van der Waals surface area contributed by atoms with Crippen molar-refractivity contribution in [2.45, 2.75) is 12.4 Å². The highest BCUT2D eigenvalue weighted by Crippen LogP contribution is 2.39.